The van der Waals surface area contributed by atoms with Gasteiger partial charge in [0.05, 0.1) is 0 Å². The zero-order valence-corrected chi connectivity index (χ0v) is 14.3. The first kappa shape index (κ1) is 15.0. The monoisotopic (exact) mass is 312 g/mol. The fourth-order valence-corrected chi connectivity index (χ4v) is 5.80. The van der Waals surface area contributed by atoms with Crippen molar-refractivity contribution in [3.63, 3.8) is 0 Å². The molecular formula is C20H28N2O. The first-order valence-electron chi connectivity index (χ1n) is 9.23. The van der Waals surface area contributed by atoms with Crippen LogP contribution in [0.4, 0.5) is 10.5 Å². The lowest BCUT2D eigenvalue weighted by molar-refractivity contribution is -0.0131. The van der Waals surface area contributed by atoms with E-state index in [4.69, 9.17) is 0 Å². The maximum absolute atomic E-state index is 13.0. The number of benzene rings is 1. The van der Waals surface area contributed by atoms with Crippen LogP contribution in [0.3, 0.4) is 0 Å². The molecule has 124 valence electrons. The van der Waals surface area contributed by atoms with Gasteiger partial charge < -0.3 is 5.32 Å². The molecule has 4 bridgehead atoms. The molecule has 0 heterocycles. The molecule has 1 N–H and O–H groups in total. The van der Waals surface area contributed by atoms with Gasteiger partial charge >= 0.3 is 6.03 Å². The molecule has 1 aromatic carbocycles. The fourth-order valence-electron chi connectivity index (χ4n) is 5.80. The number of urea groups is 1. The molecule has 0 spiro atoms. The van der Waals surface area contributed by atoms with Crippen LogP contribution in [-0.4, -0.2) is 18.1 Å². The van der Waals surface area contributed by atoms with Crippen LogP contribution in [0, 0.1) is 24.7 Å². The number of nitrogens with zero attached hydrogens (tertiary/aromatic N) is 1. The van der Waals surface area contributed by atoms with Gasteiger partial charge in [-0.1, -0.05) is 12.1 Å². The minimum absolute atomic E-state index is 0.0864. The van der Waals surface area contributed by atoms with Crippen molar-refractivity contribution in [2.75, 3.05) is 11.4 Å². The summed E-state index contributed by atoms with van der Waals surface area (Å²) in [7, 11) is 0. The van der Waals surface area contributed by atoms with E-state index in [2.05, 4.69) is 31.3 Å². The Balaban J connectivity index is 1.52. The Hall–Kier alpha value is -1.51. The van der Waals surface area contributed by atoms with E-state index in [1.807, 2.05) is 17.0 Å². The quantitative estimate of drug-likeness (QED) is 0.875. The largest absolute Gasteiger partial charge is 0.332 e. The van der Waals surface area contributed by atoms with Gasteiger partial charge in [-0.05, 0) is 87.8 Å². The second-order valence-electron chi connectivity index (χ2n) is 8.21. The molecule has 5 rings (SSSR count). The highest BCUT2D eigenvalue weighted by molar-refractivity contribution is 5.92. The van der Waals surface area contributed by atoms with Crippen LogP contribution in [0.1, 0.15) is 51.0 Å². The minimum Gasteiger partial charge on any atom is -0.332 e. The molecule has 4 fully saturated rings. The van der Waals surface area contributed by atoms with Crippen LogP contribution in [0.25, 0.3) is 0 Å². The van der Waals surface area contributed by atoms with Crippen LogP contribution in [0.2, 0.25) is 0 Å². The van der Waals surface area contributed by atoms with Gasteiger partial charge in [-0.25, -0.2) is 4.79 Å². The predicted molar refractivity (Wildman–Crippen MR) is 93.6 cm³/mol. The van der Waals surface area contributed by atoms with Gasteiger partial charge in [0.15, 0.2) is 0 Å². The molecule has 23 heavy (non-hydrogen) atoms. The van der Waals surface area contributed by atoms with E-state index in [0.717, 1.165) is 23.4 Å². The zero-order valence-electron chi connectivity index (χ0n) is 14.3. The molecule has 3 heteroatoms. The van der Waals surface area contributed by atoms with E-state index in [-0.39, 0.29) is 11.6 Å². The molecule has 4 aliphatic carbocycles. The molecule has 0 aliphatic heterocycles. The lowest BCUT2D eigenvalue weighted by atomic mass is 9.53. The Morgan fingerprint density at radius 3 is 2.30 bits per heavy atom. The maximum atomic E-state index is 13.0. The third kappa shape index (κ3) is 2.75. The third-order valence-corrected chi connectivity index (χ3v) is 6.29. The molecule has 3 nitrogen and oxygen atoms in total. The van der Waals surface area contributed by atoms with Gasteiger partial charge in [0, 0.05) is 17.8 Å². The van der Waals surface area contributed by atoms with E-state index in [1.54, 1.807) is 0 Å². The first-order valence-corrected chi connectivity index (χ1v) is 9.23. The summed E-state index contributed by atoms with van der Waals surface area (Å²) in [5, 5.41) is 3.48. The van der Waals surface area contributed by atoms with E-state index < -0.39 is 0 Å². The maximum Gasteiger partial charge on any atom is 0.322 e. The van der Waals surface area contributed by atoms with Crippen molar-refractivity contribution in [3.8, 4) is 0 Å². The van der Waals surface area contributed by atoms with Crippen molar-refractivity contribution in [3.05, 3.63) is 29.8 Å². The third-order valence-electron chi connectivity index (χ3n) is 6.29. The zero-order chi connectivity index (χ0) is 16.0. The van der Waals surface area contributed by atoms with E-state index in [9.17, 15) is 4.79 Å². The highest BCUT2D eigenvalue weighted by Gasteiger charge is 2.51. The second-order valence-corrected chi connectivity index (χ2v) is 8.21. The summed E-state index contributed by atoms with van der Waals surface area (Å²) in [6.45, 7) is 4.84. The Labute approximate surface area is 139 Å². The van der Waals surface area contributed by atoms with Gasteiger partial charge in [0.1, 0.15) is 0 Å². The van der Waals surface area contributed by atoms with Crippen LogP contribution in [0.15, 0.2) is 24.3 Å². The van der Waals surface area contributed by atoms with Crippen molar-refractivity contribution in [2.24, 2.45) is 17.8 Å². The van der Waals surface area contributed by atoms with Gasteiger partial charge in [-0.3, -0.25) is 4.90 Å². The second kappa shape index (κ2) is 5.54. The lowest BCUT2D eigenvalue weighted by Crippen LogP contribution is -2.62. The first-order chi connectivity index (χ1) is 11.1. The number of amides is 2. The molecule has 0 radical (unpaired) electrons. The number of rotatable bonds is 3. The smallest absolute Gasteiger partial charge is 0.322 e. The number of hydrogen-bond acceptors (Lipinski definition) is 1. The number of carbonyl (C=O) groups excluding carboxylic acids is 1. The Morgan fingerprint density at radius 1 is 1.17 bits per heavy atom. The van der Waals surface area contributed by atoms with Crippen molar-refractivity contribution in [1.82, 2.24) is 5.32 Å². The topological polar surface area (TPSA) is 32.3 Å². The summed E-state index contributed by atoms with van der Waals surface area (Å²) in [5.74, 6) is 2.57. The van der Waals surface area contributed by atoms with Crippen LogP contribution < -0.4 is 10.2 Å². The van der Waals surface area contributed by atoms with Crippen molar-refractivity contribution >= 4 is 11.7 Å². The van der Waals surface area contributed by atoms with Crippen molar-refractivity contribution < 1.29 is 4.79 Å². The van der Waals surface area contributed by atoms with Crippen LogP contribution in [-0.2, 0) is 0 Å². The summed E-state index contributed by atoms with van der Waals surface area (Å²) < 4.78 is 0. The van der Waals surface area contributed by atoms with Gasteiger partial charge in [0.2, 0.25) is 0 Å². The van der Waals surface area contributed by atoms with Gasteiger partial charge in [-0.2, -0.15) is 0 Å². The molecule has 0 unspecified atom stereocenters. The molecule has 2 amide bonds. The SMILES string of the molecule is CCN(C(=O)NC12CC3CC(CC(C3)C1)C2)c1cccc(C)c1. The Kier molecular flexibility index (Phi) is 3.62. The standard InChI is InChI=1S/C20H28N2O/c1-3-22(18-6-4-5-14(2)7-18)19(23)21-20-11-15-8-16(12-20)10-17(9-15)13-20/h4-7,15-17H,3,8-13H2,1-2H3,(H,21,23). The average molecular weight is 312 g/mol. The van der Waals surface area contributed by atoms with E-state index in [0.29, 0.717) is 6.54 Å². The average Bonchev–Trinajstić information content (AvgIpc) is 2.46. The molecule has 4 saturated carbocycles. The molecular weight excluding hydrogens is 284 g/mol. The number of aryl methyl sites for hydroxylation is 1. The summed E-state index contributed by atoms with van der Waals surface area (Å²) in [5.41, 5.74) is 2.29. The number of nitrogens with one attached hydrogen (secondary N) is 1. The summed E-state index contributed by atoms with van der Waals surface area (Å²) in [6, 6.07) is 8.35. The summed E-state index contributed by atoms with van der Waals surface area (Å²) in [4.78, 5) is 14.9. The van der Waals surface area contributed by atoms with Crippen molar-refractivity contribution in [2.45, 2.75) is 57.9 Å². The fraction of sp³-hybridized carbons (Fsp3) is 0.650. The predicted octanol–water partition coefficient (Wildman–Crippen LogP) is 4.50. The number of anilines is 1. The van der Waals surface area contributed by atoms with Gasteiger partial charge in [-0.15, -0.1) is 0 Å². The van der Waals surface area contributed by atoms with Crippen LogP contribution >= 0.6 is 0 Å². The number of carbonyl (C=O) groups is 1. The van der Waals surface area contributed by atoms with Crippen molar-refractivity contribution in [1.29, 1.82) is 0 Å². The van der Waals surface area contributed by atoms with E-state index >= 15 is 0 Å². The summed E-state index contributed by atoms with van der Waals surface area (Å²) >= 11 is 0. The minimum atomic E-state index is 0.0864. The van der Waals surface area contributed by atoms with Crippen LogP contribution in [0.5, 0.6) is 0 Å². The molecule has 4 aliphatic rings. The molecule has 0 saturated heterocycles. The Morgan fingerprint density at radius 2 is 1.78 bits per heavy atom. The molecule has 0 atom stereocenters. The lowest BCUT2D eigenvalue weighted by Gasteiger charge is -2.57. The highest BCUT2D eigenvalue weighted by Crippen LogP contribution is 2.55. The summed E-state index contributed by atoms with van der Waals surface area (Å²) in [6.07, 6.45) is 7.84. The normalized spacial score (nSPS) is 34.4. The highest BCUT2D eigenvalue weighted by atomic mass is 16.2. The molecule has 1 aromatic rings. The molecule has 0 aromatic heterocycles. The van der Waals surface area contributed by atoms with E-state index in [1.165, 1.54) is 44.1 Å². The Bertz CT molecular complexity index is 574. The van der Waals surface area contributed by atoms with Gasteiger partial charge in [0.25, 0.3) is 0 Å². The number of hydrogen-bond donors (Lipinski definition) is 1.